The normalized spacial score (nSPS) is 10.5. The van der Waals surface area contributed by atoms with E-state index in [4.69, 9.17) is 11.6 Å². The first-order valence-corrected chi connectivity index (χ1v) is 8.47. The third kappa shape index (κ3) is 4.58. The second kappa shape index (κ2) is 7.76. The van der Waals surface area contributed by atoms with E-state index in [2.05, 4.69) is 26.2 Å². The second-order valence-electron chi connectivity index (χ2n) is 4.24. The van der Waals surface area contributed by atoms with E-state index in [0.29, 0.717) is 17.4 Å². The number of carbonyl (C=O) groups excluding carboxylic acids is 1. The zero-order valence-electron chi connectivity index (χ0n) is 10.7. The summed E-state index contributed by atoms with van der Waals surface area (Å²) in [6.07, 6.45) is 2.15. The van der Waals surface area contributed by atoms with Crippen LogP contribution in [0.4, 0.5) is 5.13 Å². The molecule has 20 heavy (non-hydrogen) atoms. The fourth-order valence-corrected chi connectivity index (χ4v) is 3.00. The van der Waals surface area contributed by atoms with E-state index in [1.165, 1.54) is 11.3 Å². The minimum absolute atomic E-state index is 0.00902. The van der Waals surface area contributed by atoms with E-state index in [-0.39, 0.29) is 5.91 Å². The Morgan fingerprint density at radius 3 is 3.00 bits per heavy atom. The lowest BCUT2D eigenvalue weighted by molar-refractivity contribution is -0.116. The van der Waals surface area contributed by atoms with Gasteiger partial charge in [0.25, 0.3) is 0 Å². The van der Waals surface area contributed by atoms with Crippen molar-refractivity contribution in [1.29, 1.82) is 0 Å². The molecule has 1 aromatic heterocycles. The maximum atomic E-state index is 11.7. The molecule has 0 saturated heterocycles. The number of nitrogens with one attached hydrogen (secondary N) is 1. The predicted octanol–water partition coefficient (Wildman–Crippen LogP) is 4.92. The highest BCUT2D eigenvalue weighted by Gasteiger charge is 2.08. The number of thiazole rings is 1. The molecule has 0 bridgehead atoms. The first-order chi connectivity index (χ1) is 9.69. The quantitative estimate of drug-likeness (QED) is 0.577. The number of unbranched alkanes of at least 4 members (excludes halogenated alkanes) is 1. The lowest BCUT2D eigenvalue weighted by atomic mass is 10.2. The van der Waals surface area contributed by atoms with Crippen molar-refractivity contribution in [3.05, 3.63) is 34.1 Å². The summed E-state index contributed by atoms with van der Waals surface area (Å²) in [4.78, 5) is 16.1. The maximum Gasteiger partial charge on any atom is 0.226 e. The SMILES string of the molecule is O=C(CCCCCl)Nc1nc(-c2cccc(Br)c2)cs1. The number of carbonyl (C=O) groups is 1. The van der Waals surface area contributed by atoms with Crippen LogP contribution in [0.2, 0.25) is 0 Å². The minimum atomic E-state index is -0.00902. The molecule has 0 saturated carbocycles. The van der Waals surface area contributed by atoms with Crippen molar-refractivity contribution < 1.29 is 4.79 Å². The molecule has 3 nitrogen and oxygen atoms in total. The Hall–Kier alpha value is -0.910. The zero-order chi connectivity index (χ0) is 14.4. The summed E-state index contributed by atoms with van der Waals surface area (Å²) in [5, 5.41) is 5.39. The number of anilines is 1. The number of hydrogen-bond acceptors (Lipinski definition) is 3. The molecule has 0 radical (unpaired) electrons. The van der Waals surface area contributed by atoms with Gasteiger partial charge in [0.15, 0.2) is 5.13 Å². The Morgan fingerprint density at radius 1 is 1.40 bits per heavy atom. The molecule has 106 valence electrons. The largest absolute Gasteiger partial charge is 0.302 e. The Morgan fingerprint density at radius 2 is 2.25 bits per heavy atom. The summed E-state index contributed by atoms with van der Waals surface area (Å²) in [7, 11) is 0. The van der Waals surface area contributed by atoms with Gasteiger partial charge in [-0.05, 0) is 25.0 Å². The molecule has 0 fully saturated rings. The van der Waals surface area contributed by atoms with Crippen molar-refractivity contribution in [3.8, 4) is 11.3 Å². The van der Waals surface area contributed by atoms with Crippen molar-refractivity contribution in [2.24, 2.45) is 0 Å². The second-order valence-corrected chi connectivity index (χ2v) is 6.39. The van der Waals surface area contributed by atoms with Gasteiger partial charge >= 0.3 is 0 Å². The van der Waals surface area contributed by atoms with Crippen LogP contribution in [0.3, 0.4) is 0 Å². The van der Waals surface area contributed by atoms with Crippen LogP contribution >= 0.6 is 38.9 Å². The Labute approximate surface area is 135 Å². The van der Waals surface area contributed by atoms with E-state index in [0.717, 1.165) is 28.6 Å². The van der Waals surface area contributed by atoms with Gasteiger partial charge in [-0.2, -0.15) is 0 Å². The van der Waals surface area contributed by atoms with Crippen LogP contribution in [0.15, 0.2) is 34.1 Å². The van der Waals surface area contributed by atoms with E-state index in [1.54, 1.807) is 0 Å². The average Bonchev–Trinajstić information content (AvgIpc) is 2.87. The molecule has 0 aliphatic carbocycles. The van der Waals surface area contributed by atoms with Gasteiger partial charge in [-0.3, -0.25) is 4.79 Å². The maximum absolute atomic E-state index is 11.7. The molecule has 2 aromatic rings. The fraction of sp³-hybridized carbons (Fsp3) is 0.286. The Bertz CT molecular complexity index is 588. The molecule has 0 spiro atoms. The van der Waals surface area contributed by atoms with Crippen molar-refractivity contribution >= 4 is 49.9 Å². The molecule has 0 aliphatic rings. The smallest absolute Gasteiger partial charge is 0.226 e. The van der Waals surface area contributed by atoms with Crippen LogP contribution in [0.5, 0.6) is 0 Å². The number of benzene rings is 1. The molecular formula is C14H14BrClN2OS. The van der Waals surface area contributed by atoms with Crippen LogP contribution < -0.4 is 5.32 Å². The highest BCUT2D eigenvalue weighted by Crippen LogP contribution is 2.26. The molecule has 1 amide bonds. The highest BCUT2D eigenvalue weighted by atomic mass is 79.9. The van der Waals surface area contributed by atoms with Crippen LogP contribution in [0.25, 0.3) is 11.3 Å². The molecular weight excluding hydrogens is 360 g/mol. The standard InChI is InChI=1S/C14H14BrClN2OS/c15-11-5-3-4-10(8-11)12-9-20-14(17-12)18-13(19)6-1-2-7-16/h3-5,8-9H,1-2,6-7H2,(H,17,18,19). The van der Waals surface area contributed by atoms with E-state index >= 15 is 0 Å². The van der Waals surface area contributed by atoms with Gasteiger partial charge in [-0.15, -0.1) is 22.9 Å². The molecule has 2 rings (SSSR count). The minimum Gasteiger partial charge on any atom is -0.302 e. The number of alkyl halides is 1. The number of amides is 1. The fourth-order valence-electron chi connectivity index (χ4n) is 1.67. The van der Waals surface area contributed by atoms with Crippen LogP contribution in [0, 0.1) is 0 Å². The van der Waals surface area contributed by atoms with E-state index in [9.17, 15) is 4.79 Å². The predicted molar refractivity (Wildman–Crippen MR) is 88.5 cm³/mol. The molecule has 1 heterocycles. The summed E-state index contributed by atoms with van der Waals surface area (Å²) in [6, 6.07) is 7.92. The Kier molecular flexibility index (Phi) is 6.01. The van der Waals surface area contributed by atoms with Gasteiger partial charge in [-0.25, -0.2) is 4.98 Å². The van der Waals surface area contributed by atoms with Crippen molar-refractivity contribution in [3.63, 3.8) is 0 Å². The van der Waals surface area contributed by atoms with Crippen molar-refractivity contribution in [1.82, 2.24) is 4.98 Å². The van der Waals surface area contributed by atoms with Crippen LogP contribution in [-0.4, -0.2) is 16.8 Å². The number of halogens is 2. The lowest BCUT2D eigenvalue weighted by Crippen LogP contribution is -2.10. The number of hydrogen-bond donors (Lipinski definition) is 1. The van der Waals surface area contributed by atoms with E-state index < -0.39 is 0 Å². The van der Waals surface area contributed by atoms with Crippen LogP contribution in [0.1, 0.15) is 19.3 Å². The monoisotopic (exact) mass is 372 g/mol. The van der Waals surface area contributed by atoms with Gasteiger partial charge in [0.1, 0.15) is 0 Å². The number of nitrogens with zero attached hydrogens (tertiary/aromatic N) is 1. The number of aromatic nitrogens is 1. The van der Waals surface area contributed by atoms with Crippen molar-refractivity contribution in [2.45, 2.75) is 19.3 Å². The van der Waals surface area contributed by atoms with Gasteiger partial charge in [0, 0.05) is 27.7 Å². The first kappa shape index (κ1) is 15.5. The average molecular weight is 374 g/mol. The molecule has 0 unspecified atom stereocenters. The van der Waals surface area contributed by atoms with Gasteiger partial charge < -0.3 is 5.32 Å². The van der Waals surface area contributed by atoms with E-state index in [1.807, 2.05) is 29.6 Å². The topological polar surface area (TPSA) is 42.0 Å². The molecule has 0 atom stereocenters. The van der Waals surface area contributed by atoms with Gasteiger partial charge in [0.05, 0.1) is 5.69 Å². The summed E-state index contributed by atoms with van der Waals surface area (Å²) in [5.41, 5.74) is 1.89. The summed E-state index contributed by atoms with van der Waals surface area (Å²) in [5.74, 6) is 0.586. The third-order valence-corrected chi connectivity index (χ3v) is 4.18. The Balaban J connectivity index is 1.97. The third-order valence-electron chi connectivity index (χ3n) is 2.66. The van der Waals surface area contributed by atoms with Crippen LogP contribution in [-0.2, 0) is 4.79 Å². The van der Waals surface area contributed by atoms with Crippen molar-refractivity contribution in [2.75, 3.05) is 11.2 Å². The first-order valence-electron chi connectivity index (χ1n) is 6.26. The summed E-state index contributed by atoms with van der Waals surface area (Å²) >= 11 is 10.5. The number of rotatable bonds is 6. The highest BCUT2D eigenvalue weighted by molar-refractivity contribution is 9.10. The molecule has 1 aromatic carbocycles. The lowest BCUT2D eigenvalue weighted by Gasteiger charge is -2.00. The molecule has 1 N–H and O–H groups in total. The zero-order valence-corrected chi connectivity index (χ0v) is 13.9. The summed E-state index contributed by atoms with van der Waals surface area (Å²) in [6.45, 7) is 0. The molecule has 0 aliphatic heterocycles. The molecule has 6 heteroatoms. The summed E-state index contributed by atoms with van der Waals surface area (Å²) < 4.78 is 1.01. The van der Waals surface area contributed by atoms with Gasteiger partial charge in [-0.1, -0.05) is 28.1 Å². The van der Waals surface area contributed by atoms with Gasteiger partial charge in [0.2, 0.25) is 5.91 Å².